The van der Waals surface area contributed by atoms with Crippen molar-refractivity contribution in [1.82, 2.24) is 0 Å². The summed E-state index contributed by atoms with van der Waals surface area (Å²) in [4.78, 5) is 0. The van der Waals surface area contributed by atoms with Crippen LogP contribution in [0.25, 0.3) is 11.1 Å². The van der Waals surface area contributed by atoms with Crippen molar-refractivity contribution in [1.29, 1.82) is 0 Å². The number of nitrogens with two attached hydrogens (primary N) is 1. The second kappa shape index (κ2) is 6.92. The van der Waals surface area contributed by atoms with Crippen LogP contribution < -0.4 is 5.73 Å². The van der Waals surface area contributed by atoms with Gasteiger partial charge in [-0.2, -0.15) is 0 Å². The summed E-state index contributed by atoms with van der Waals surface area (Å²) in [5, 5.41) is 0. The molecule has 0 radical (unpaired) electrons. The Kier molecular flexibility index (Phi) is 5.22. The highest BCUT2D eigenvalue weighted by atomic mass is 35.5. The molecule has 0 unspecified atom stereocenters. The fourth-order valence-corrected chi connectivity index (χ4v) is 3.12. The van der Waals surface area contributed by atoms with Crippen molar-refractivity contribution in [2.75, 3.05) is 0 Å². The molecule has 0 heterocycles. The van der Waals surface area contributed by atoms with Crippen molar-refractivity contribution >= 4 is 12.4 Å². The molecule has 2 heteroatoms. The van der Waals surface area contributed by atoms with E-state index in [1.165, 1.54) is 42.4 Å². The van der Waals surface area contributed by atoms with Crippen molar-refractivity contribution in [3.05, 3.63) is 60.2 Å². The predicted octanol–water partition coefficient (Wildman–Crippen LogP) is 4.97. The fourth-order valence-electron chi connectivity index (χ4n) is 3.12. The second-order valence-electron chi connectivity index (χ2n) is 5.56. The molecule has 1 fully saturated rings. The van der Waals surface area contributed by atoms with E-state index in [2.05, 4.69) is 48.5 Å². The molecular formula is C18H22ClN. The van der Waals surface area contributed by atoms with Crippen LogP contribution in [0.1, 0.15) is 37.3 Å². The summed E-state index contributed by atoms with van der Waals surface area (Å²) < 4.78 is 0. The zero-order valence-electron chi connectivity index (χ0n) is 11.7. The van der Waals surface area contributed by atoms with Gasteiger partial charge in [0.1, 0.15) is 0 Å². The maximum atomic E-state index is 6.39. The van der Waals surface area contributed by atoms with Gasteiger partial charge in [-0.05, 0) is 35.4 Å². The Labute approximate surface area is 127 Å². The van der Waals surface area contributed by atoms with Crippen LogP contribution in [0, 0.1) is 5.92 Å². The minimum absolute atomic E-state index is 0. The van der Waals surface area contributed by atoms with E-state index < -0.39 is 0 Å². The Hall–Kier alpha value is -1.31. The van der Waals surface area contributed by atoms with E-state index >= 15 is 0 Å². The van der Waals surface area contributed by atoms with Crippen molar-refractivity contribution < 1.29 is 0 Å². The first-order chi connectivity index (χ1) is 9.34. The van der Waals surface area contributed by atoms with Gasteiger partial charge in [0, 0.05) is 6.04 Å². The summed E-state index contributed by atoms with van der Waals surface area (Å²) in [6.45, 7) is 0. The van der Waals surface area contributed by atoms with Crippen LogP contribution in [0.15, 0.2) is 54.6 Å². The molecule has 1 atom stereocenters. The molecule has 20 heavy (non-hydrogen) atoms. The van der Waals surface area contributed by atoms with Crippen molar-refractivity contribution in [3.63, 3.8) is 0 Å². The highest BCUT2D eigenvalue weighted by Crippen LogP contribution is 2.34. The van der Waals surface area contributed by atoms with Crippen LogP contribution in [0.5, 0.6) is 0 Å². The smallest absolute Gasteiger partial charge is 0.0323 e. The van der Waals surface area contributed by atoms with E-state index in [4.69, 9.17) is 5.73 Å². The van der Waals surface area contributed by atoms with Gasteiger partial charge in [-0.1, -0.05) is 67.4 Å². The van der Waals surface area contributed by atoms with Crippen molar-refractivity contribution in [3.8, 4) is 11.1 Å². The molecule has 0 aliphatic heterocycles. The molecule has 2 aromatic rings. The molecule has 2 aromatic carbocycles. The lowest BCUT2D eigenvalue weighted by Crippen LogP contribution is -2.18. The van der Waals surface area contributed by atoms with Gasteiger partial charge in [0.15, 0.2) is 0 Å². The molecule has 106 valence electrons. The fraction of sp³-hybridized carbons (Fsp3) is 0.333. The lowest BCUT2D eigenvalue weighted by Gasteiger charge is -2.19. The molecule has 0 amide bonds. The number of hydrogen-bond acceptors (Lipinski definition) is 1. The Bertz CT molecular complexity index is 515. The monoisotopic (exact) mass is 287 g/mol. The van der Waals surface area contributed by atoms with E-state index in [-0.39, 0.29) is 18.4 Å². The average Bonchev–Trinajstić information content (AvgIpc) is 3.02. The molecular weight excluding hydrogens is 266 g/mol. The summed E-state index contributed by atoms with van der Waals surface area (Å²) in [6, 6.07) is 19.5. The highest BCUT2D eigenvalue weighted by Gasteiger charge is 2.22. The standard InChI is InChI=1S/C18H21N.ClH/c19-18(16-8-4-5-9-16)17-12-10-15(11-13-17)14-6-2-1-3-7-14;/h1-3,6-7,10-13,16,18H,4-5,8-9,19H2;1H/t18-;/m1./s1. The summed E-state index contributed by atoms with van der Waals surface area (Å²) in [7, 11) is 0. The van der Waals surface area contributed by atoms with Crippen LogP contribution in [0.2, 0.25) is 0 Å². The van der Waals surface area contributed by atoms with Crippen LogP contribution in [0.4, 0.5) is 0 Å². The van der Waals surface area contributed by atoms with E-state index in [1.54, 1.807) is 0 Å². The zero-order valence-corrected chi connectivity index (χ0v) is 12.5. The van der Waals surface area contributed by atoms with Crippen molar-refractivity contribution in [2.24, 2.45) is 11.7 Å². The first-order valence-corrected chi connectivity index (χ1v) is 7.25. The minimum Gasteiger partial charge on any atom is -0.324 e. The maximum absolute atomic E-state index is 6.39. The molecule has 1 saturated carbocycles. The number of rotatable bonds is 3. The first-order valence-electron chi connectivity index (χ1n) is 7.25. The average molecular weight is 288 g/mol. The van der Waals surface area contributed by atoms with Gasteiger partial charge in [0.2, 0.25) is 0 Å². The Morgan fingerprint density at radius 1 is 0.800 bits per heavy atom. The lowest BCUT2D eigenvalue weighted by molar-refractivity contribution is 0.445. The van der Waals surface area contributed by atoms with Crippen molar-refractivity contribution in [2.45, 2.75) is 31.7 Å². The lowest BCUT2D eigenvalue weighted by atomic mass is 9.91. The number of halogens is 1. The van der Waals surface area contributed by atoms with Crippen LogP contribution in [0.3, 0.4) is 0 Å². The minimum atomic E-state index is 0. The second-order valence-corrected chi connectivity index (χ2v) is 5.56. The third-order valence-corrected chi connectivity index (χ3v) is 4.31. The maximum Gasteiger partial charge on any atom is 0.0323 e. The molecule has 0 bridgehead atoms. The Morgan fingerprint density at radius 3 is 1.95 bits per heavy atom. The SMILES string of the molecule is Cl.N[C@@H](c1ccc(-c2ccccc2)cc1)C1CCCC1. The molecule has 2 N–H and O–H groups in total. The summed E-state index contributed by atoms with van der Waals surface area (Å²) in [5.41, 5.74) is 10.2. The van der Waals surface area contributed by atoms with E-state index in [9.17, 15) is 0 Å². The quantitative estimate of drug-likeness (QED) is 0.848. The highest BCUT2D eigenvalue weighted by molar-refractivity contribution is 5.85. The first kappa shape index (κ1) is 15.1. The molecule has 0 aromatic heterocycles. The van der Waals surface area contributed by atoms with Crippen LogP contribution in [-0.2, 0) is 0 Å². The summed E-state index contributed by atoms with van der Waals surface area (Å²) >= 11 is 0. The Balaban J connectivity index is 0.00000147. The molecule has 0 saturated heterocycles. The van der Waals surface area contributed by atoms with Gasteiger partial charge in [0.05, 0.1) is 0 Å². The molecule has 3 rings (SSSR count). The topological polar surface area (TPSA) is 26.0 Å². The summed E-state index contributed by atoms with van der Waals surface area (Å²) in [5.74, 6) is 0.683. The number of hydrogen-bond donors (Lipinski definition) is 1. The van der Waals surface area contributed by atoms with Crippen LogP contribution in [-0.4, -0.2) is 0 Å². The van der Waals surface area contributed by atoms with Gasteiger partial charge < -0.3 is 5.73 Å². The summed E-state index contributed by atoms with van der Waals surface area (Å²) in [6.07, 6.45) is 5.28. The largest absolute Gasteiger partial charge is 0.324 e. The van der Waals surface area contributed by atoms with E-state index in [0.29, 0.717) is 5.92 Å². The van der Waals surface area contributed by atoms with E-state index in [0.717, 1.165) is 0 Å². The third-order valence-electron chi connectivity index (χ3n) is 4.31. The van der Waals surface area contributed by atoms with Crippen LogP contribution >= 0.6 is 12.4 Å². The van der Waals surface area contributed by atoms with E-state index in [1.807, 2.05) is 6.07 Å². The molecule has 1 aliphatic carbocycles. The van der Waals surface area contributed by atoms with Gasteiger partial charge in [0.25, 0.3) is 0 Å². The normalized spacial score (nSPS) is 16.6. The predicted molar refractivity (Wildman–Crippen MR) is 88.0 cm³/mol. The van der Waals surface area contributed by atoms with Gasteiger partial charge >= 0.3 is 0 Å². The zero-order chi connectivity index (χ0) is 13.1. The molecule has 0 spiro atoms. The molecule has 1 aliphatic rings. The Morgan fingerprint density at radius 2 is 1.35 bits per heavy atom. The number of benzene rings is 2. The third kappa shape index (κ3) is 3.23. The van der Waals surface area contributed by atoms with Gasteiger partial charge in [-0.25, -0.2) is 0 Å². The van der Waals surface area contributed by atoms with Gasteiger partial charge in [-0.15, -0.1) is 12.4 Å². The molecule has 1 nitrogen and oxygen atoms in total. The van der Waals surface area contributed by atoms with Gasteiger partial charge in [-0.3, -0.25) is 0 Å².